The summed E-state index contributed by atoms with van der Waals surface area (Å²) in [7, 11) is 0. The normalized spacial score (nSPS) is 33.7. The second-order valence-corrected chi connectivity index (χ2v) is 5.44. The molecule has 1 aliphatic carbocycles. The average Bonchev–Trinajstić information content (AvgIpc) is 2.32. The van der Waals surface area contributed by atoms with Gasteiger partial charge in [0.2, 0.25) is 0 Å². The molecule has 0 aromatic carbocycles. The zero-order chi connectivity index (χ0) is 12.1. The monoisotopic (exact) mass is 240 g/mol. The minimum Gasteiger partial charge on any atom is -0.378 e. The Hall–Kier alpha value is -0.120. The van der Waals surface area contributed by atoms with Gasteiger partial charge in [0, 0.05) is 25.2 Å². The second kappa shape index (κ2) is 6.72. The Labute approximate surface area is 106 Å². The molecule has 1 atom stereocenters. The topological polar surface area (TPSA) is 24.5 Å². The SMILES string of the molecule is CCCN(C1CCCNC1)C1CC(OCC)C1. The Morgan fingerprint density at radius 3 is 2.65 bits per heavy atom. The highest BCUT2D eigenvalue weighted by atomic mass is 16.5. The molecule has 0 radical (unpaired) electrons. The van der Waals surface area contributed by atoms with Gasteiger partial charge in [-0.25, -0.2) is 0 Å². The molecule has 0 aromatic heterocycles. The average molecular weight is 240 g/mol. The minimum atomic E-state index is 0.543. The minimum absolute atomic E-state index is 0.543. The fourth-order valence-electron chi connectivity index (χ4n) is 3.22. The first-order chi connectivity index (χ1) is 8.35. The highest BCUT2D eigenvalue weighted by Gasteiger charge is 2.36. The smallest absolute Gasteiger partial charge is 0.0604 e. The molecule has 3 nitrogen and oxygen atoms in total. The number of nitrogens with zero attached hydrogens (tertiary/aromatic N) is 1. The van der Waals surface area contributed by atoms with Crippen LogP contribution in [0.25, 0.3) is 0 Å². The summed E-state index contributed by atoms with van der Waals surface area (Å²) in [6, 6.07) is 1.56. The molecule has 2 aliphatic rings. The lowest BCUT2D eigenvalue weighted by Crippen LogP contribution is -2.56. The van der Waals surface area contributed by atoms with Gasteiger partial charge in [0.1, 0.15) is 0 Å². The number of nitrogens with one attached hydrogen (secondary N) is 1. The van der Waals surface area contributed by atoms with E-state index in [1.807, 2.05) is 0 Å². The van der Waals surface area contributed by atoms with E-state index in [2.05, 4.69) is 24.1 Å². The van der Waals surface area contributed by atoms with E-state index in [0.717, 1.165) is 18.7 Å². The molecule has 1 saturated heterocycles. The number of rotatable bonds is 6. The lowest BCUT2D eigenvalue weighted by Gasteiger charge is -2.47. The summed E-state index contributed by atoms with van der Waals surface area (Å²) in [5.41, 5.74) is 0. The molecule has 1 heterocycles. The van der Waals surface area contributed by atoms with E-state index in [1.54, 1.807) is 0 Å². The van der Waals surface area contributed by atoms with Crippen molar-refractivity contribution in [1.29, 1.82) is 0 Å². The van der Waals surface area contributed by atoms with Crippen molar-refractivity contribution in [3.05, 3.63) is 0 Å². The van der Waals surface area contributed by atoms with Crippen molar-refractivity contribution >= 4 is 0 Å². The molecule has 2 rings (SSSR count). The van der Waals surface area contributed by atoms with Crippen LogP contribution in [0, 0.1) is 0 Å². The van der Waals surface area contributed by atoms with Gasteiger partial charge in [-0.3, -0.25) is 4.90 Å². The Kier molecular flexibility index (Phi) is 5.26. The first kappa shape index (κ1) is 13.3. The van der Waals surface area contributed by atoms with Gasteiger partial charge in [-0.15, -0.1) is 0 Å². The lowest BCUT2D eigenvalue weighted by atomic mass is 9.86. The summed E-state index contributed by atoms with van der Waals surface area (Å²) in [5.74, 6) is 0. The second-order valence-electron chi connectivity index (χ2n) is 5.44. The summed E-state index contributed by atoms with van der Waals surface area (Å²) in [6.45, 7) is 8.93. The van der Waals surface area contributed by atoms with Crippen LogP contribution in [0.5, 0.6) is 0 Å². The molecule has 0 bridgehead atoms. The van der Waals surface area contributed by atoms with Crippen molar-refractivity contribution in [2.24, 2.45) is 0 Å². The summed E-state index contributed by atoms with van der Waals surface area (Å²) in [4.78, 5) is 2.75. The Balaban J connectivity index is 1.80. The van der Waals surface area contributed by atoms with Crippen LogP contribution >= 0.6 is 0 Å². The molecule has 0 aromatic rings. The quantitative estimate of drug-likeness (QED) is 0.769. The van der Waals surface area contributed by atoms with Gasteiger partial charge >= 0.3 is 0 Å². The van der Waals surface area contributed by atoms with Gasteiger partial charge in [-0.1, -0.05) is 6.92 Å². The highest BCUT2D eigenvalue weighted by molar-refractivity contribution is 4.92. The van der Waals surface area contributed by atoms with Crippen LogP contribution in [0.1, 0.15) is 46.0 Å². The zero-order valence-corrected chi connectivity index (χ0v) is 11.5. The van der Waals surface area contributed by atoms with E-state index < -0.39 is 0 Å². The molecule has 1 N–H and O–H groups in total. The summed E-state index contributed by atoms with van der Waals surface area (Å²) in [6.07, 6.45) is 7.04. The van der Waals surface area contributed by atoms with E-state index in [9.17, 15) is 0 Å². The maximum Gasteiger partial charge on any atom is 0.0604 e. The van der Waals surface area contributed by atoms with Crippen molar-refractivity contribution in [1.82, 2.24) is 10.2 Å². The van der Waals surface area contributed by atoms with Crippen molar-refractivity contribution in [3.8, 4) is 0 Å². The molecule has 1 saturated carbocycles. The molecular weight excluding hydrogens is 212 g/mol. The standard InChI is InChI=1S/C14H28N2O/c1-3-8-16(12-6-5-7-15-11-12)13-9-14(10-13)17-4-2/h12-15H,3-11H2,1-2H3. The fraction of sp³-hybridized carbons (Fsp3) is 1.00. The van der Waals surface area contributed by atoms with E-state index in [4.69, 9.17) is 4.74 Å². The zero-order valence-electron chi connectivity index (χ0n) is 11.5. The Morgan fingerprint density at radius 1 is 1.24 bits per heavy atom. The fourth-order valence-corrected chi connectivity index (χ4v) is 3.22. The van der Waals surface area contributed by atoms with Crippen LogP contribution in [-0.4, -0.2) is 49.3 Å². The van der Waals surface area contributed by atoms with E-state index in [0.29, 0.717) is 6.10 Å². The molecule has 100 valence electrons. The summed E-state index contributed by atoms with van der Waals surface area (Å²) >= 11 is 0. The van der Waals surface area contributed by atoms with Crippen LogP contribution < -0.4 is 5.32 Å². The van der Waals surface area contributed by atoms with E-state index in [1.165, 1.54) is 51.7 Å². The van der Waals surface area contributed by atoms with E-state index in [-0.39, 0.29) is 0 Å². The van der Waals surface area contributed by atoms with Gasteiger partial charge < -0.3 is 10.1 Å². The van der Waals surface area contributed by atoms with Crippen molar-refractivity contribution < 1.29 is 4.74 Å². The van der Waals surface area contributed by atoms with Crippen LogP contribution in [0.2, 0.25) is 0 Å². The van der Waals surface area contributed by atoms with Gasteiger partial charge in [0.05, 0.1) is 6.10 Å². The van der Waals surface area contributed by atoms with Crippen molar-refractivity contribution in [2.45, 2.75) is 64.1 Å². The highest BCUT2D eigenvalue weighted by Crippen LogP contribution is 2.31. The largest absolute Gasteiger partial charge is 0.378 e. The third kappa shape index (κ3) is 3.43. The number of piperidine rings is 1. The summed E-state index contributed by atoms with van der Waals surface area (Å²) < 4.78 is 5.68. The van der Waals surface area contributed by atoms with Crippen molar-refractivity contribution in [3.63, 3.8) is 0 Å². The third-order valence-corrected chi connectivity index (χ3v) is 4.16. The Morgan fingerprint density at radius 2 is 2.06 bits per heavy atom. The first-order valence-corrected chi connectivity index (χ1v) is 7.43. The number of hydrogen-bond acceptors (Lipinski definition) is 3. The van der Waals surface area contributed by atoms with Crippen LogP contribution in [0.3, 0.4) is 0 Å². The molecule has 1 unspecified atom stereocenters. The first-order valence-electron chi connectivity index (χ1n) is 7.43. The summed E-state index contributed by atoms with van der Waals surface area (Å²) in [5, 5.41) is 3.54. The lowest BCUT2D eigenvalue weighted by molar-refractivity contribution is -0.0598. The van der Waals surface area contributed by atoms with Gasteiger partial charge in [-0.2, -0.15) is 0 Å². The predicted octanol–water partition coefficient (Wildman–Crippen LogP) is 2.02. The van der Waals surface area contributed by atoms with Crippen LogP contribution in [0.15, 0.2) is 0 Å². The number of hydrogen-bond donors (Lipinski definition) is 1. The Bertz CT molecular complexity index is 210. The molecule has 1 aliphatic heterocycles. The predicted molar refractivity (Wildman–Crippen MR) is 71.3 cm³/mol. The molecule has 17 heavy (non-hydrogen) atoms. The van der Waals surface area contributed by atoms with Crippen LogP contribution in [0.4, 0.5) is 0 Å². The number of ether oxygens (including phenoxy) is 1. The van der Waals surface area contributed by atoms with Gasteiger partial charge in [0.25, 0.3) is 0 Å². The third-order valence-electron chi connectivity index (χ3n) is 4.16. The van der Waals surface area contributed by atoms with Crippen LogP contribution in [-0.2, 0) is 4.74 Å². The van der Waals surface area contributed by atoms with Crippen molar-refractivity contribution in [2.75, 3.05) is 26.2 Å². The maximum absolute atomic E-state index is 5.68. The van der Waals surface area contributed by atoms with E-state index >= 15 is 0 Å². The maximum atomic E-state index is 5.68. The molecular formula is C14H28N2O. The van der Waals surface area contributed by atoms with Gasteiger partial charge in [-0.05, 0) is 52.1 Å². The molecule has 3 heteroatoms. The molecule has 0 amide bonds. The molecule has 0 spiro atoms. The van der Waals surface area contributed by atoms with Gasteiger partial charge in [0.15, 0.2) is 0 Å². The molecule has 2 fully saturated rings.